The molecule has 0 unspecified atom stereocenters. The van der Waals surface area contributed by atoms with Gasteiger partial charge in [0, 0.05) is 11.1 Å². The van der Waals surface area contributed by atoms with Gasteiger partial charge in [-0.3, -0.25) is 4.79 Å². The highest BCUT2D eigenvalue weighted by Crippen LogP contribution is 2.26. The second kappa shape index (κ2) is 8.48. The fourth-order valence-electron chi connectivity index (χ4n) is 3.02. The van der Waals surface area contributed by atoms with Crippen molar-refractivity contribution in [1.82, 2.24) is 0 Å². The maximum Gasteiger partial charge on any atom is 0.265 e. The zero-order chi connectivity index (χ0) is 20.1. The van der Waals surface area contributed by atoms with Crippen molar-refractivity contribution in [3.05, 3.63) is 97.1 Å². The maximum absolute atomic E-state index is 12.6. The van der Waals surface area contributed by atoms with Gasteiger partial charge in [0.1, 0.15) is 17.2 Å². The van der Waals surface area contributed by atoms with Crippen LogP contribution in [-0.2, 0) is 4.79 Å². The van der Waals surface area contributed by atoms with Gasteiger partial charge in [0.25, 0.3) is 5.91 Å². The highest BCUT2D eigenvalue weighted by Gasteiger charge is 2.16. The minimum atomic E-state index is -0.638. The Morgan fingerprint density at radius 1 is 0.759 bits per heavy atom. The number of rotatable bonds is 6. The average molecular weight is 383 g/mol. The molecule has 144 valence electrons. The highest BCUT2D eigenvalue weighted by molar-refractivity contribution is 5.95. The van der Waals surface area contributed by atoms with E-state index in [9.17, 15) is 4.79 Å². The second-order valence-electron chi connectivity index (χ2n) is 6.67. The lowest BCUT2D eigenvalue weighted by Gasteiger charge is -2.16. The van der Waals surface area contributed by atoms with Crippen LogP contribution in [0.4, 0.5) is 5.69 Å². The number of para-hydroxylation sites is 1. The molecule has 4 nitrogen and oxygen atoms in total. The molecule has 4 aromatic rings. The second-order valence-corrected chi connectivity index (χ2v) is 6.67. The first-order valence-electron chi connectivity index (χ1n) is 9.47. The molecule has 4 aromatic carbocycles. The third kappa shape index (κ3) is 4.55. The monoisotopic (exact) mass is 383 g/mol. The van der Waals surface area contributed by atoms with E-state index in [1.165, 1.54) is 0 Å². The third-order valence-corrected chi connectivity index (χ3v) is 4.52. The molecule has 0 spiro atoms. The largest absolute Gasteiger partial charge is 0.480 e. The number of carbonyl (C=O) groups is 1. The molecule has 0 radical (unpaired) electrons. The van der Waals surface area contributed by atoms with Gasteiger partial charge in [-0.25, -0.2) is 0 Å². The van der Waals surface area contributed by atoms with Crippen molar-refractivity contribution in [2.75, 3.05) is 5.32 Å². The summed E-state index contributed by atoms with van der Waals surface area (Å²) in [6, 6.07) is 30.6. The molecule has 0 bridgehead atoms. The molecule has 1 atom stereocenters. The van der Waals surface area contributed by atoms with Crippen LogP contribution in [0.1, 0.15) is 6.92 Å². The number of carbonyl (C=O) groups excluding carboxylic acids is 1. The number of anilines is 1. The van der Waals surface area contributed by atoms with Crippen LogP contribution in [0.3, 0.4) is 0 Å². The molecule has 0 aromatic heterocycles. The van der Waals surface area contributed by atoms with Crippen molar-refractivity contribution in [2.24, 2.45) is 0 Å². The summed E-state index contributed by atoms with van der Waals surface area (Å²) >= 11 is 0. The first-order valence-corrected chi connectivity index (χ1v) is 9.47. The lowest BCUT2D eigenvalue weighted by Crippen LogP contribution is -2.30. The zero-order valence-electron chi connectivity index (χ0n) is 16.0. The van der Waals surface area contributed by atoms with Gasteiger partial charge in [-0.15, -0.1) is 0 Å². The van der Waals surface area contributed by atoms with E-state index in [0.29, 0.717) is 17.2 Å². The fraction of sp³-hybridized carbons (Fsp3) is 0.0800. The lowest BCUT2D eigenvalue weighted by molar-refractivity contribution is -0.122. The van der Waals surface area contributed by atoms with Crippen molar-refractivity contribution >= 4 is 22.4 Å². The molecule has 1 amide bonds. The average Bonchev–Trinajstić information content (AvgIpc) is 2.76. The standard InChI is InChI=1S/C25H21NO3/c1-18(28-24-13-7-9-19-8-5-6-12-23(19)24)25(27)26-20-14-16-22(17-15-20)29-21-10-3-2-4-11-21/h2-18H,1H3,(H,26,27)/t18-/m0/s1. The predicted octanol–water partition coefficient (Wildman–Crippen LogP) is 6.04. The predicted molar refractivity (Wildman–Crippen MR) is 116 cm³/mol. The number of fused-ring (bicyclic) bond motifs is 1. The van der Waals surface area contributed by atoms with Crippen LogP contribution in [0.5, 0.6) is 17.2 Å². The molecule has 0 fully saturated rings. The van der Waals surface area contributed by atoms with Gasteiger partial charge in [0.2, 0.25) is 0 Å². The Balaban J connectivity index is 1.39. The summed E-state index contributed by atoms with van der Waals surface area (Å²) in [4.78, 5) is 12.6. The number of hydrogen-bond acceptors (Lipinski definition) is 3. The molecular weight excluding hydrogens is 362 g/mol. The summed E-state index contributed by atoms with van der Waals surface area (Å²) < 4.78 is 11.7. The molecule has 29 heavy (non-hydrogen) atoms. The van der Waals surface area contributed by atoms with E-state index in [2.05, 4.69) is 5.32 Å². The van der Waals surface area contributed by atoms with Gasteiger partial charge in [-0.05, 0) is 54.8 Å². The van der Waals surface area contributed by atoms with Crippen LogP contribution in [0.2, 0.25) is 0 Å². The van der Waals surface area contributed by atoms with Gasteiger partial charge < -0.3 is 14.8 Å². The van der Waals surface area contributed by atoms with Gasteiger partial charge in [-0.1, -0.05) is 54.6 Å². The zero-order valence-corrected chi connectivity index (χ0v) is 16.0. The minimum absolute atomic E-state index is 0.213. The van der Waals surface area contributed by atoms with Crippen LogP contribution in [-0.4, -0.2) is 12.0 Å². The smallest absolute Gasteiger partial charge is 0.265 e. The topological polar surface area (TPSA) is 47.6 Å². The Kier molecular flexibility index (Phi) is 5.43. The Bertz CT molecular complexity index is 1100. The summed E-state index contributed by atoms with van der Waals surface area (Å²) in [7, 11) is 0. The minimum Gasteiger partial charge on any atom is -0.480 e. The van der Waals surface area contributed by atoms with E-state index < -0.39 is 6.10 Å². The third-order valence-electron chi connectivity index (χ3n) is 4.52. The number of nitrogens with one attached hydrogen (secondary N) is 1. The van der Waals surface area contributed by atoms with E-state index in [1.807, 2.05) is 84.9 Å². The Morgan fingerprint density at radius 2 is 1.41 bits per heavy atom. The molecule has 4 rings (SSSR count). The SMILES string of the molecule is C[C@H](Oc1cccc2ccccc12)C(=O)Nc1ccc(Oc2ccccc2)cc1. The fourth-order valence-corrected chi connectivity index (χ4v) is 3.02. The quantitative estimate of drug-likeness (QED) is 0.442. The normalized spacial score (nSPS) is 11.6. The summed E-state index contributed by atoms with van der Waals surface area (Å²) in [5.41, 5.74) is 0.684. The van der Waals surface area contributed by atoms with Gasteiger partial charge in [0.15, 0.2) is 6.10 Å². The van der Waals surface area contributed by atoms with E-state index in [0.717, 1.165) is 16.5 Å². The van der Waals surface area contributed by atoms with Crippen LogP contribution >= 0.6 is 0 Å². The lowest BCUT2D eigenvalue weighted by atomic mass is 10.1. The van der Waals surface area contributed by atoms with Crippen LogP contribution in [0.15, 0.2) is 97.1 Å². The van der Waals surface area contributed by atoms with Crippen LogP contribution in [0, 0.1) is 0 Å². The van der Waals surface area contributed by atoms with Gasteiger partial charge in [-0.2, -0.15) is 0 Å². The van der Waals surface area contributed by atoms with Gasteiger partial charge >= 0.3 is 0 Å². The Labute approximate surface area is 169 Å². The first kappa shape index (κ1) is 18.6. The van der Waals surface area contributed by atoms with E-state index >= 15 is 0 Å². The molecule has 4 heteroatoms. The summed E-state index contributed by atoms with van der Waals surface area (Å²) in [5, 5.41) is 4.94. The first-order chi connectivity index (χ1) is 14.2. The molecule has 0 aliphatic heterocycles. The summed E-state index contributed by atoms with van der Waals surface area (Å²) in [5.74, 6) is 1.95. The summed E-state index contributed by atoms with van der Waals surface area (Å²) in [6.45, 7) is 1.74. The van der Waals surface area contributed by atoms with Crippen molar-refractivity contribution in [2.45, 2.75) is 13.0 Å². The molecule has 0 aliphatic rings. The van der Waals surface area contributed by atoms with Crippen molar-refractivity contribution in [3.8, 4) is 17.2 Å². The number of amides is 1. The number of ether oxygens (including phenoxy) is 2. The van der Waals surface area contributed by atoms with Crippen molar-refractivity contribution < 1.29 is 14.3 Å². The number of hydrogen-bond donors (Lipinski definition) is 1. The maximum atomic E-state index is 12.6. The Hall–Kier alpha value is -3.79. The van der Waals surface area contributed by atoms with E-state index in [-0.39, 0.29) is 5.91 Å². The molecular formula is C25H21NO3. The molecule has 0 saturated carbocycles. The number of benzene rings is 4. The van der Waals surface area contributed by atoms with E-state index in [4.69, 9.17) is 9.47 Å². The molecule has 0 saturated heterocycles. The van der Waals surface area contributed by atoms with Crippen LogP contribution in [0.25, 0.3) is 10.8 Å². The van der Waals surface area contributed by atoms with E-state index in [1.54, 1.807) is 19.1 Å². The molecule has 0 aliphatic carbocycles. The Morgan fingerprint density at radius 3 is 2.21 bits per heavy atom. The van der Waals surface area contributed by atoms with Crippen molar-refractivity contribution in [1.29, 1.82) is 0 Å². The molecule has 1 N–H and O–H groups in total. The van der Waals surface area contributed by atoms with Gasteiger partial charge in [0.05, 0.1) is 0 Å². The van der Waals surface area contributed by atoms with Crippen LogP contribution < -0.4 is 14.8 Å². The molecule has 0 heterocycles. The van der Waals surface area contributed by atoms with Crippen molar-refractivity contribution in [3.63, 3.8) is 0 Å². The summed E-state index contributed by atoms with van der Waals surface area (Å²) in [6.07, 6.45) is -0.638. The highest BCUT2D eigenvalue weighted by atomic mass is 16.5.